The van der Waals surface area contributed by atoms with E-state index >= 15 is 0 Å². The summed E-state index contributed by atoms with van der Waals surface area (Å²) in [4.78, 5) is 18.0. The van der Waals surface area contributed by atoms with Crippen molar-refractivity contribution in [2.24, 2.45) is 4.99 Å². The van der Waals surface area contributed by atoms with E-state index in [0.717, 1.165) is 17.5 Å². The van der Waals surface area contributed by atoms with Crippen molar-refractivity contribution in [3.8, 4) is 0 Å². The van der Waals surface area contributed by atoms with Crippen LogP contribution in [-0.2, 0) is 4.74 Å². The van der Waals surface area contributed by atoms with E-state index in [4.69, 9.17) is 4.74 Å². The molecular weight excluding hydrogens is 248 g/mol. The van der Waals surface area contributed by atoms with Gasteiger partial charge in [-0.2, -0.15) is 0 Å². The quantitative estimate of drug-likeness (QED) is 0.779. The van der Waals surface area contributed by atoms with E-state index in [9.17, 15) is 4.79 Å². The number of thioether (sulfide) groups is 1. The molecule has 4 nitrogen and oxygen atoms in total. The number of hydrogen-bond donors (Lipinski definition) is 0. The maximum atomic E-state index is 11.7. The Kier molecular flexibility index (Phi) is 4.64. The zero-order valence-electron chi connectivity index (χ0n) is 10.3. The summed E-state index contributed by atoms with van der Waals surface area (Å²) in [5.41, 5.74) is 0.595. The Labute approximate surface area is 111 Å². The fourth-order valence-electron chi connectivity index (χ4n) is 1.75. The lowest BCUT2D eigenvalue weighted by molar-refractivity contribution is 0.0489. The first-order chi connectivity index (χ1) is 8.81. The van der Waals surface area contributed by atoms with E-state index in [-0.39, 0.29) is 5.97 Å². The summed E-state index contributed by atoms with van der Waals surface area (Å²) in [6.07, 6.45) is 0. The molecule has 1 heterocycles. The van der Waals surface area contributed by atoms with Crippen LogP contribution in [0.25, 0.3) is 0 Å². The van der Waals surface area contributed by atoms with Crippen LogP contribution in [0.1, 0.15) is 10.4 Å². The van der Waals surface area contributed by atoms with Crippen molar-refractivity contribution in [2.75, 3.05) is 32.5 Å². The third-order valence-electron chi connectivity index (χ3n) is 2.66. The second-order valence-corrected chi connectivity index (χ2v) is 4.91. The first kappa shape index (κ1) is 13.0. The number of carbonyl (C=O) groups excluding carboxylic acids is 1. The smallest absolute Gasteiger partial charge is 0.338 e. The number of aliphatic imine (C=N–C) groups is 1. The van der Waals surface area contributed by atoms with Gasteiger partial charge in [-0.15, -0.1) is 0 Å². The molecule has 1 aromatic rings. The van der Waals surface area contributed by atoms with Crippen molar-refractivity contribution in [2.45, 2.75) is 0 Å². The predicted molar refractivity (Wildman–Crippen MR) is 74.1 cm³/mol. The average molecular weight is 264 g/mol. The van der Waals surface area contributed by atoms with Crippen LogP contribution < -0.4 is 0 Å². The van der Waals surface area contributed by atoms with Crippen LogP contribution in [0.4, 0.5) is 0 Å². The Morgan fingerprint density at radius 3 is 2.94 bits per heavy atom. The molecule has 1 aromatic carbocycles. The SMILES string of the molecule is CN=C1SCCN1CCOC(=O)c1ccccc1. The largest absolute Gasteiger partial charge is 0.460 e. The maximum Gasteiger partial charge on any atom is 0.338 e. The van der Waals surface area contributed by atoms with Crippen molar-refractivity contribution in [1.29, 1.82) is 0 Å². The van der Waals surface area contributed by atoms with Gasteiger partial charge in [0, 0.05) is 19.3 Å². The second-order valence-electron chi connectivity index (χ2n) is 3.84. The van der Waals surface area contributed by atoms with E-state index < -0.39 is 0 Å². The number of carbonyl (C=O) groups is 1. The number of ether oxygens (including phenoxy) is 1. The first-order valence-electron chi connectivity index (χ1n) is 5.88. The van der Waals surface area contributed by atoms with Crippen LogP contribution in [0, 0.1) is 0 Å². The molecule has 0 aliphatic carbocycles. The molecule has 0 spiro atoms. The van der Waals surface area contributed by atoms with Gasteiger partial charge in [0.15, 0.2) is 5.17 Å². The van der Waals surface area contributed by atoms with Crippen LogP contribution in [-0.4, -0.2) is 48.5 Å². The number of esters is 1. The molecule has 0 radical (unpaired) electrons. The molecule has 0 aromatic heterocycles. The molecule has 1 aliphatic heterocycles. The van der Waals surface area contributed by atoms with E-state index in [2.05, 4.69) is 9.89 Å². The van der Waals surface area contributed by atoms with Crippen LogP contribution in [0.3, 0.4) is 0 Å². The predicted octanol–water partition coefficient (Wildman–Crippen LogP) is 1.88. The summed E-state index contributed by atoms with van der Waals surface area (Å²) in [5, 5.41) is 1.03. The highest BCUT2D eigenvalue weighted by Crippen LogP contribution is 2.16. The summed E-state index contributed by atoms with van der Waals surface area (Å²) in [5.74, 6) is 0.789. The summed E-state index contributed by atoms with van der Waals surface area (Å²) in [6.45, 7) is 2.08. The molecule has 0 atom stereocenters. The lowest BCUT2D eigenvalue weighted by Crippen LogP contribution is -2.29. The van der Waals surface area contributed by atoms with E-state index in [1.807, 2.05) is 18.2 Å². The number of rotatable bonds is 4. The molecule has 5 heteroatoms. The molecule has 0 saturated carbocycles. The fourth-order valence-corrected chi connectivity index (χ4v) is 2.74. The molecule has 1 saturated heterocycles. The highest BCUT2D eigenvalue weighted by Gasteiger charge is 2.18. The standard InChI is InChI=1S/C13H16N2O2S/c1-14-13-15(8-10-18-13)7-9-17-12(16)11-5-3-2-4-6-11/h2-6H,7-10H2,1H3. The summed E-state index contributed by atoms with van der Waals surface area (Å²) in [6, 6.07) is 9.05. The summed E-state index contributed by atoms with van der Waals surface area (Å²) < 4.78 is 5.24. The average Bonchev–Trinajstić information content (AvgIpc) is 2.87. The van der Waals surface area contributed by atoms with Crippen molar-refractivity contribution in [3.63, 3.8) is 0 Å². The Morgan fingerprint density at radius 1 is 1.44 bits per heavy atom. The number of hydrogen-bond acceptors (Lipinski definition) is 4. The van der Waals surface area contributed by atoms with Gasteiger partial charge >= 0.3 is 5.97 Å². The molecule has 0 amide bonds. The number of amidine groups is 1. The summed E-state index contributed by atoms with van der Waals surface area (Å²) in [7, 11) is 1.79. The van der Waals surface area contributed by atoms with Crippen molar-refractivity contribution in [3.05, 3.63) is 35.9 Å². The minimum atomic E-state index is -0.266. The molecular formula is C13H16N2O2S. The topological polar surface area (TPSA) is 41.9 Å². The highest BCUT2D eigenvalue weighted by molar-refractivity contribution is 8.14. The molecule has 2 rings (SSSR count). The molecule has 0 unspecified atom stereocenters. The van der Waals surface area contributed by atoms with Crippen molar-refractivity contribution < 1.29 is 9.53 Å². The van der Waals surface area contributed by atoms with Gasteiger partial charge in [-0.05, 0) is 12.1 Å². The second kappa shape index (κ2) is 6.44. The summed E-state index contributed by atoms with van der Waals surface area (Å²) >= 11 is 1.74. The van der Waals surface area contributed by atoms with E-state index in [1.165, 1.54) is 0 Å². The zero-order valence-corrected chi connectivity index (χ0v) is 11.2. The van der Waals surface area contributed by atoms with Gasteiger partial charge in [-0.25, -0.2) is 4.79 Å². The van der Waals surface area contributed by atoms with Crippen LogP contribution in [0.15, 0.2) is 35.3 Å². The highest BCUT2D eigenvalue weighted by atomic mass is 32.2. The Hall–Kier alpha value is -1.49. The van der Waals surface area contributed by atoms with Gasteiger partial charge in [0.1, 0.15) is 6.61 Å². The molecule has 96 valence electrons. The monoisotopic (exact) mass is 264 g/mol. The van der Waals surface area contributed by atoms with Crippen molar-refractivity contribution in [1.82, 2.24) is 4.90 Å². The van der Waals surface area contributed by atoms with Crippen molar-refractivity contribution >= 4 is 22.9 Å². The van der Waals surface area contributed by atoms with E-state index in [1.54, 1.807) is 30.9 Å². The molecule has 18 heavy (non-hydrogen) atoms. The third-order valence-corrected chi connectivity index (χ3v) is 3.74. The van der Waals surface area contributed by atoms with Gasteiger partial charge in [0.25, 0.3) is 0 Å². The zero-order chi connectivity index (χ0) is 12.8. The lowest BCUT2D eigenvalue weighted by atomic mass is 10.2. The van der Waals surface area contributed by atoms with Gasteiger partial charge in [0.2, 0.25) is 0 Å². The number of nitrogens with zero attached hydrogens (tertiary/aromatic N) is 2. The Bertz CT molecular complexity index is 434. The molecule has 0 N–H and O–H groups in total. The molecule has 0 bridgehead atoms. The van der Waals surface area contributed by atoms with Gasteiger partial charge in [-0.3, -0.25) is 4.99 Å². The molecule has 1 fully saturated rings. The van der Waals surface area contributed by atoms with Gasteiger partial charge in [0.05, 0.1) is 12.1 Å². The van der Waals surface area contributed by atoms with Crippen LogP contribution >= 0.6 is 11.8 Å². The molecule has 1 aliphatic rings. The van der Waals surface area contributed by atoms with Gasteiger partial charge in [-0.1, -0.05) is 30.0 Å². The number of benzene rings is 1. The first-order valence-corrected chi connectivity index (χ1v) is 6.86. The van der Waals surface area contributed by atoms with E-state index in [0.29, 0.717) is 18.7 Å². The van der Waals surface area contributed by atoms with Crippen LogP contribution in [0.2, 0.25) is 0 Å². The minimum absolute atomic E-state index is 0.266. The van der Waals surface area contributed by atoms with Gasteiger partial charge < -0.3 is 9.64 Å². The maximum absolute atomic E-state index is 11.7. The minimum Gasteiger partial charge on any atom is -0.460 e. The Morgan fingerprint density at radius 2 is 2.22 bits per heavy atom. The fraction of sp³-hybridized carbons (Fsp3) is 0.385. The van der Waals surface area contributed by atoms with Crippen LogP contribution in [0.5, 0.6) is 0 Å². The Balaban J connectivity index is 1.77. The lowest BCUT2D eigenvalue weighted by Gasteiger charge is -2.17. The normalized spacial score (nSPS) is 17.2. The third kappa shape index (κ3) is 3.26.